The van der Waals surface area contributed by atoms with Crippen molar-refractivity contribution >= 4 is 18.0 Å². The minimum atomic E-state index is -0.939. The van der Waals surface area contributed by atoms with Crippen LogP contribution in [-0.4, -0.2) is 64.7 Å². The molecule has 2 amide bonds. The van der Waals surface area contributed by atoms with Gasteiger partial charge in [0, 0.05) is 31.7 Å². The second-order valence-electron chi connectivity index (χ2n) is 11.8. The van der Waals surface area contributed by atoms with Gasteiger partial charge in [0.05, 0.1) is 5.56 Å². The van der Waals surface area contributed by atoms with E-state index in [9.17, 15) is 14.4 Å². The molecule has 46 heavy (non-hydrogen) atoms. The van der Waals surface area contributed by atoms with Gasteiger partial charge < -0.3 is 29.1 Å². The summed E-state index contributed by atoms with van der Waals surface area (Å²) in [6.07, 6.45) is 1.18. The van der Waals surface area contributed by atoms with Crippen LogP contribution in [0.4, 0.5) is 4.79 Å². The Morgan fingerprint density at radius 1 is 0.674 bits per heavy atom. The van der Waals surface area contributed by atoms with Crippen molar-refractivity contribution < 1.29 is 33.7 Å². The Morgan fingerprint density at radius 3 is 1.50 bits per heavy atom. The number of carboxylic acids is 1. The average molecular weight is 625 g/mol. The maximum atomic E-state index is 12.9. The summed E-state index contributed by atoms with van der Waals surface area (Å²) in [4.78, 5) is 39.2. The summed E-state index contributed by atoms with van der Waals surface area (Å²) in [7, 11) is 1.82. The number of likely N-dealkylation sites (tertiary alicyclic amines) is 1. The number of benzene rings is 4. The van der Waals surface area contributed by atoms with Gasteiger partial charge in [-0.3, -0.25) is 4.79 Å². The maximum Gasteiger partial charge on any atom is 0.410 e. The molecule has 4 aromatic rings. The van der Waals surface area contributed by atoms with Crippen molar-refractivity contribution in [2.45, 2.75) is 45.3 Å². The summed E-state index contributed by atoms with van der Waals surface area (Å²) in [5.41, 5.74) is 0.366. The number of carboxylic acid groups (broad SMARTS) is 1. The Hall–Kier alpha value is -5.31. The lowest BCUT2D eigenvalue weighted by Gasteiger charge is -2.37. The van der Waals surface area contributed by atoms with Gasteiger partial charge >= 0.3 is 12.1 Å². The molecule has 9 nitrogen and oxygen atoms in total. The zero-order valence-corrected chi connectivity index (χ0v) is 26.6. The average Bonchev–Trinajstić information content (AvgIpc) is 3.05. The first kappa shape index (κ1) is 33.6. The van der Waals surface area contributed by atoms with E-state index in [1.807, 2.05) is 88.5 Å². The molecular weight excluding hydrogens is 584 g/mol. The highest BCUT2D eigenvalue weighted by Crippen LogP contribution is 2.24. The lowest BCUT2D eigenvalue weighted by atomic mass is 10.0. The first-order valence-electron chi connectivity index (χ1n) is 15.1. The minimum absolute atomic E-state index is 0.0306. The lowest BCUT2D eigenvalue weighted by Crippen LogP contribution is -2.48. The van der Waals surface area contributed by atoms with E-state index in [4.69, 9.17) is 19.3 Å². The number of ether oxygens (including phenoxy) is 3. The standard InChI is InChI=1S/C24H30N2O4.C13H10O3/c1-24(2,3)30-23(28)26-16-14-19(15-17-26)25(4)22(27)18-10-12-21(13-11-18)29-20-8-6-5-7-9-20;14-13(15)10-6-8-12(9-7-10)16-11-4-2-1-3-5-11/h5-13,19H,14-17H2,1-4H3;1-9H,(H,14,15). The molecule has 0 radical (unpaired) electrons. The predicted octanol–water partition coefficient (Wildman–Crippen LogP) is 8.13. The molecule has 0 aliphatic carbocycles. The smallest absolute Gasteiger partial charge is 0.410 e. The molecule has 5 rings (SSSR count). The number of carbonyl (C=O) groups excluding carboxylic acids is 2. The van der Waals surface area contributed by atoms with Crippen LogP contribution in [0.5, 0.6) is 23.0 Å². The van der Waals surface area contributed by atoms with Crippen LogP contribution >= 0.6 is 0 Å². The van der Waals surface area contributed by atoms with E-state index in [0.29, 0.717) is 30.2 Å². The molecule has 0 atom stereocenters. The molecule has 1 fully saturated rings. The van der Waals surface area contributed by atoms with Gasteiger partial charge in [0.25, 0.3) is 5.91 Å². The Bertz CT molecular complexity index is 1560. The van der Waals surface area contributed by atoms with E-state index in [1.165, 1.54) is 12.1 Å². The fourth-order valence-corrected chi connectivity index (χ4v) is 4.71. The van der Waals surface area contributed by atoms with Gasteiger partial charge in [-0.05, 0) is 106 Å². The number of piperidine rings is 1. The number of hydrogen-bond donors (Lipinski definition) is 1. The maximum absolute atomic E-state index is 12.9. The summed E-state index contributed by atoms with van der Waals surface area (Å²) in [5, 5.41) is 8.72. The molecule has 1 N–H and O–H groups in total. The number of hydrogen-bond acceptors (Lipinski definition) is 6. The molecule has 1 aliphatic heterocycles. The van der Waals surface area contributed by atoms with Crippen molar-refractivity contribution in [1.82, 2.24) is 9.80 Å². The van der Waals surface area contributed by atoms with Crippen LogP contribution in [0.3, 0.4) is 0 Å². The first-order chi connectivity index (χ1) is 22.0. The molecule has 0 spiro atoms. The van der Waals surface area contributed by atoms with Crippen LogP contribution < -0.4 is 9.47 Å². The van der Waals surface area contributed by atoms with Crippen LogP contribution in [0.1, 0.15) is 54.3 Å². The number of rotatable bonds is 7. The fourth-order valence-electron chi connectivity index (χ4n) is 4.71. The highest BCUT2D eigenvalue weighted by Gasteiger charge is 2.30. The van der Waals surface area contributed by atoms with Crippen LogP contribution in [0, 0.1) is 0 Å². The zero-order chi connectivity index (χ0) is 33.1. The highest BCUT2D eigenvalue weighted by atomic mass is 16.6. The second kappa shape index (κ2) is 15.6. The van der Waals surface area contributed by atoms with E-state index in [0.717, 1.165) is 24.3 Å². The molecule has 0 aromatic heterocycles. The Kier molecular flexibility index (Phi) is 11.4. The molecule has 1 aliphatic rings. The van der Waals surface area contributed by atoms with Gasteiger partial charge in [-0.15, -0.1) is 0 Å². The van der Waals surface area contributed by atoms with Crippen molar-refractivity contribution in [1.29, 1.82) is 0 Å². The normalized spacial score (nSPS) is 13.1. The largest absolute Gasteiger partial charge is 0.478 e. The predicted molar refractivity (Wildman–Crippen MR) is 176 cm³/mol. The third-order valence-electron chi connectivity index (χ3n) is 7.14. The summed E-state index contributed by atoms with van der Waals surface area (Å²) in [5.74, 6) is 1.82. The lowest BCUT2D eigenvalue weighted by molar-refractivity contribution is 0.0159. The van der Waals surface area contributed by atoms with Crippen molar-refractivity contribution in [3.8, 4) is 23.0 Å². The van der Waals surface area contributed by atoms with Gasteiger partial charge in [0.1, 0.15) is 28.6 Å². The van der Waals surface area contributed by atoms with E-state index in [1.54, 1.807) is 46.2 Å². The summed E-state index contributed by atoms with van der Waals surface area (Å²) < 4.78 is 16.7. The third-order valence-corrected chi connectivity index (χ3v) is 7.14. The zero-order valence-electron chi connectivity index (χ0n) is 26.6. The minimum Gasteiger partial charge on any atom is -0.478 e. The highest BCUT2D eigenvalue weighted by molar-refractivity contribution is 5.94. The number of amides is 2. The van der Waals surface area contributed by atoms with Gasteiger partial charge in [-0.25, -0.2) is 9.59 Å². The van der Waals surface area contributed by atoms with E-state index >= 15 is 0 Å². The molecule has 1 heterocycles. The van der Waals surface area contributed by atoms with Crippen LogP contribution in [-0.2, 0) is 4.74 Å². The van der Waals surface area contributed by atoms with Gasteiger partial charge in [-0.2, -0.15) is 0 Å². The first-order valence-corrected chi connectivity index (χ1v) is 15.1. The number of carbonyl (C=O) groups is 3. The van der Waals surface area contributed by atoms with Crippen LogP contribution in [0.15, 0.2) is 109 Å². The molecule has 0 bridgehead atoms. The van der Waals surface area contributed by atoms with Crippen molar-refractivity contribution in [3.05, 3.63) is 120 Å². The van der Waals surface area contributed by atoms with Crippen LogP contribution in [0.2, 0.25) is 0 Å². The fraction of sp³-hybridized carbons (Fsp3) is 0.270. The molecule has 4 aromatic carbocycles. The van der Waals surface area contributed by atoms with Crippen molar-refractivity contribution in [3.63, 3.8) is 0 Å². The number of nitrogens with zero attached hydrogens (tertiary/aromatic N) is 2. The second-order valence-corrected chi connectivity index (χ2v) is 11.8. The summed E-state index contributed by atoms with van der Waals surface area (Å²) >= 11 is 0. The Labute approximate surface area is 269 Å². The third kappa shape index (κ3) is 10.1. The van der Waals surface area contributed by atoms with Gasteiger partial charge in [0.15, 0.2) is 0 Å². The van der Waals surface area contributed by atoms with E-state index in [2.05, 4.69) is 0 Å². The van der Waals surface area contributed by atoms with Crippen molar-refractivity contribution in [2.75, 3.05) is 20.1 Å². The number of para-hydroxylation sites is 2. The molecule has 0 unspecified atom stereocenters. The molecule has 1 saturated heterocycles. The van der Waals surface area contributed by atoms with Gasteiger partial charge in [0.2, 0.25) is 0 Å². The topological polar surface area (TPSA) is 106 Å². The molecule has 0 saturated carbocycles. The van der Waals surface area contributed by atoms with Gasteiger partial charge in [-0.1, -0.05) is 36.4 Å². The Balaban J connectivity index is 0.000000252. The van der Waals surface area contributed by atoms with E-state index < -0.39 is 11.6 Å². The van der Waals surface area contributed by atoms with Crippen molar-refractivity contribution in [2.24, 2.45) is 0 Å². The molecule has 240 valence electrons. The monoisotopic (exact) mass is 624 g/mol. The summed E-state index contributed by atoms with van der Waals surface area (Å²) in [6, 6.07) is 32.4. The molecule has 9 heteroatoms. The molecular formula is C37H40N2O7. The Morgan fingerprint density at radius 2 is 1.09 bits per heavy atom. The summed E-state index contributed by atoms with van der Waals surface area (Å²) in [6.45, 7) is 6.75. The quantitative estimate of drug-likeness (QED) is 0.221. The van der Waals surface area contributed by atoms with E-state index in [-0.39, 0.29) is 23.6 Å². The SMILES string of the molecule is CN(C(=O)c1ccc(Oc2ccccc2)cc1)C1CCN(C(=O)OC(C)(C)C)CC1.O=C(O)c1ccc(Oc2ccccc2)cc1. The van der Waals surface area contributed by atoms with Crippen LogP contribution in [0.25, 0.3) is 0 Å². The number of aromatic carboxylic acids is 1.